The van der Waals surface area contributed by atoms with E-state index < -0.39 is 0 Å². The molecule has 1 aromatic heterocycles. The van der Waals surface area contributed by atoms with Crippen LogP contribution in [0.1, 0.15) is 25.7 Å². The summed E-state index contributed by atoms with van der Waals surface area (Å²) in [6.07, 6.45) is 6.48. The van der Waals surface area contributed by atoms with Crippen LogP contribution in [-0.2, 0) is 0 Å². The first kappa shape index (κ1) is 13.7. The predicted molar refractivity (Wildman–Crippen MR) is 79.7 cm³/mol. The number of hydrogen-bond acceptors (Lipinski definition) is 4. The van der Waals surface area contributed by atoms with E-state index in [1.165, 1.54) is 18.9 Å². The van der Waals surface area contributed by atoms with E-state index in [1.807, 2.05) is 18.2 Å². The van der Waals surface area contributed by atoms with Gasteiger partial charge < -0.3 is 9.47 Å². The van der Waals surface area contributed by atoms with E-state index in [-0.39, 0.29) is 11.7 Å². The summed E-state index contributed by atoms with van der Waals surface area (Å²) in [6, 6.07) is 7.19. The summed E-state index contributed by atoms with van der Waals surface area (Å²) >= 11 is 0. The standard InChI is InChI=1S/C16H18N2O3/c1-20-14-7-6-11(12-9-16(19)18-17-10-12)8-15(14)21-13-4-2-3-5-13/h6-10,13H,2-5H2,1H3,(H,18,19). The molecule has 0 amide bonds. The van der Waals surface area contributed by atoms with Crippen molar-refractivity contribution in [2.75, 3.05) is 7.11 Å². The molecule has 110 valence electrons. The lowest BCUT2D eigenvalue weighted by molar-refractivity contribution is 0.201. The fourth-order valence-electron chi connectivity index (χ4n) is 2.67. The summed E-state index contributed by atoms with van der Waals surface area (Å²) < 4.78 is 11.4. The molecule has 1 fully saturated rings. The number of aromatic nitrogens is 2. The molecular formula is C16H18N2O3. The van der Waals surface area contributed by atoms with E-state index in [2.05, 4.69) is 10.2 Å². The lowest BCUT2D eigenvalue weighted by atomic mass is 10.1. The molecule has 5 nitrogen and oxygen atoms in total. The predicted octanol–water partition coefficient (Wildman–Crippen LogP) is 2.77. The third-order valence-corrected chi connectivity index (χ3v) is 3.76. The molecule has 0 radical (unpaired) electrons. The highest BCUT2D eigenvalue weighted by Crippen LogP contribution is 2.34. The molecule has 0 bridgehead atoms. The minimum Gasteiger partial charge on any atom is -0.493 e. The maximum atomic E-state index is 11.4. The largest absolute Gasteiger partial charge is 0.493 e. The number of aromatic amines is 1. The maximum absolute atomic E-state index is 11.4. The zero-order chi connectivity index (χ0) is 14.7. The molecule has 2 aromatic rings. The molecule has 1 aromatic carbocycles. The van der Waals surface area contributed by atoms with E-state index in [1.54, 1.807) is 13.3 Å². The summed E-state index contributed by atoms with van der Waals surface area (Å²) in [7, 11) is 1.63. The Bertz CT molecular complexity index is 675. The fourth-order valence-corrected chi connectivity index (χ4v) is 2.67. The Morgan fingerprint density at radius 2 is 1.95 bits per heavy atom. The first-order valence-corrected chi connectivity index (χ1v) is 7.16. The van der Waals surface area contributed by atoms with Crippen LogP contribution >= 0.6 is 0 Å². The Morgan fingerprint density at radius 1 is 1.14 bits per heavy atom. The van der Waals surface area contributed by atoms with Gasteiger partial charge in [-0.05, 0) is 43.4 Å². The average molecular weight is 286 g/mol. The van der Waals surface area contributed by atoms with Crippen molar-refractivity contribution in [1.29, 1.82) is 0 Å². The summed E-state index contributed by atoms with van der Waals surface area (Å²) in [5, 5.41) is 6.20. The van der Waals surface area contributed by atoms with Crippen molar-refractivity contribution >= 4 is 0 Å². The Hall–Kier alpha value is -2.30. The summed E-state index contributed by atoms with van der Waals surface area (Å²) in [4.78, 5) is 11.4. The van der Waals surface area contributed by atoms with Crippen LogP contribution in [0.4, 0.5) is 0 Å². The van der Waals surface area contributed by atoms with Gasteiger partial charge in [0.15, 0.2) is 11.5 Å². The van der Waals surface area contributed by atoms with Crippen molar-refractivity contribution in [3.05, 3.63) is 40.8 Å². The number of ether oxygens (including phenoxy) is 2. The lowest BCUT2D eigenvalue weighted by Gasteiger charge is -2.16. The topological polar surface area (TPSA) is 64.2 Å². The molecule has 3 rings (SSSR count). The molecule has 0 spiro atoms. The Balaban J connectivity index is 1.93. The monoisotopic (exact) mass is 286 g/mol. The number of hydrogen-bond donors (Lipinski definition) is 1. The molecule has 1 aliphatic carbocycles. The Labute approximate surface area is 122 Å². The van der Waals surface area contributed by atoms with Crippen molar-refractivity contribution in [2.45, 2.75) is 31.8 Å². The van der Waals surface area contributed by atoms with Gasteiger partial charge in [-0.2, -0.15) is 5.10 Å². The van der Waals surface area contributed by atoms with Gasteiger partial charge in [0, 0.05) is 11.6 Å². The Kier molecular flexibility index (Phi) is 3.90. The van der Waals surface area contributed by atoms with Crippen molar-refractivity contribution in [3.8, 4) is 22.6 Å². The minimum atomic E-state index is -0.221. The fraction of sp³-hybridized carbons (Fsp3) is 0.375. The minimum absolute atomic E-state index is 0.221. The van der Waals surface area contributed by atoms with Gasteiger partial charge >= 0.3 is 0 Å². The first-order chi connectivity index (χ1) is 10.3. The summed E-state index contributed by atoms with van der Waals surface area (Å²) in [5.74, 6) is 1.44. The van der Waals surface area contributed by atoms with Crippen LogP contribution in [-0.4, -0.2) is 23.4 Å². The molecule has 21 heavy (non-hydrogen) atoms. The number of nitrogens with zero attached hydrogens (tertiary/aromatic N) is 1. The molecular weight excluding hydrogens is 268 g/mol. The molecule has 1 heterocycles. The number of H-pyrrole nitrogens is 1. The molecule has 0 atom stereocenters. The summed E-state index contributed by atoms with van der Waals surface area (Å²) in [5.41, 5.74) is 1.43. The molecule has 1 saturated carbocycles. The highest BCUT2D eigenvalue weighted by molar-refractivity contribution is 5.66. The van der Waals surface area contributed by atoms with E-state index in [0.717, 1.165) is 29.7 Å². The molecule has 0 unspecified atom stereocenters. The van der Waals surface area contributed by atoms with Crippen LogP contribution in [0.2, 0.25) is 0 Å². The third kappa shape index (κ3) is 3.07. The van der Waals surface area contributed by atoms with Gasteiger partial charge in [-0.25, -0.2) is 5.10 Å². The van der Waals surface area contributed by atoms with Gasteiger partial charge in [-0.15, -0.1) is 0 Å². The van der Waals surface area contributed by atoms with Crippen molar-refractivity contribution in [3.63, 3.8) is 0 Å². The summed E-state index contributed by atoms with van der Waals surface area (Å²) in [6.45, 7) is 0. The number of methoxy groups -OCH3 is 1. The zero-order valence-electron chi connectivity index (χ0n) is 12.0. The van der Waals surface area contributed by atoms with Crippen LogP contribution < -0.4 is 15.0 Å². The smallest absolute Gasteiger partial charge is 0.264 e. The number of rotatable bonds is 4. The SMILES string of the molecule is COc1ccc(-c2cn[nH]c(=O)c2)cc1OC1CCCC1. The van der Waals surface area contributed by atoms with Crippen LogP contribution in [0.3, 0.4) is 0 Å². The second kappa shape index (κ2) is 5.99. The highest BCUT2D eigenvalue weighted by Gasteiger charge is 2.18. The van der Waals surface area contributed by atoms with Gasteiger partial charge in [0.2, 0.25) is 0 Å². The van der Waals surface area contributed by atoms with Crippen molar-refractivity contribution in [1.82, 2.24) is 10.2 Å². The quantitative estimate of drug-likeness (QED) is 0.938. The van der Waals surface area contributed by atoms with Crippen molar-refractivity contribution in [2.24, 2.45) is 0 Å². The van der Waals surface area contributed by atoms with E-state index in [4.69, 9.17) is 9.47 Å². The lowest BCUT2D eigenvalue weighted by Crippen LogP contribution is -2.11. The molecule has 0 aliphatic heterocycles. The van der Waals surface area contributed by atoms with Gasteiger partial charge in [0.05, 0.1) is 19.4 Å². The van der Waals surface area contributed by atoms with Gasteiger partial charge in [0.25, 0.3) is 5.56 Å². The highest BCUT2D eigenvalue weighted by atomic mass is 16.5. The number of nitrogens with one attached hydrogen (secondary N) is 1. The molecule has 0 saturated heterocycles. The molecule has 1 aliphatic rings. The number of benzene rings is 1. The third-order valence-electron chi connectivity index (χ3n) is 3.76. The average Bonchev–Trinajstić information content (AvgIpc) is 3.00. The van der Waals surface area contributed by atoms with E-state index in [0.29, 0.717) is 5.75 Å². The second-order valence-corrected chi connectivity index (χ2v) is 5.22. The van der Waals surface area contributed by atoms with Crippen LogP contribution in [0.25, 0.3) is 11.1 Å². The van der Waals surface area contributed by atoms with Crippen LogP contribution in [0.5, 0.6) is 11.5 Å². The van der Waals surface area contributed by atoms with Crippen LogP contribution in [0, 0.1) is 0 Å². The molecule has 1 N–H and O–H groups in total. The Morgan fingerprint density at radius 3 is 2.67 bits per heavy atom. The van der Waals surface area contributed by atoms with E-state index >= 15 is 0 Å². The maximum Gasteiger partial charge on any atom is 0.264 e. The second-order valence-electron chi connectivity index (χ2n) is 5.22. The van der Waals surface area contributed by atoms with Crippen LogP contribution in [0.15, 0.2) is 35.3 Å². The van der Waals surface area contributed by atoms with Gasteiger partial charge in [-0.1, -0.05) is 6.07 Å². The first-order valence-electron chi connectivity index (χ1n) is 7.16. The van der Waals surface area contributed by atoms with Crippen molar-refractivity contribution < 1.29 is 9.47 Å². The molecule has 5 heteroatoms. The van der Waals surface area contributed by atoms with Gasteiger partial charge in [-0.3, -0.25) is 4.79 Å². The normalized spacial score (nSPS) is 15.1. The van der Waals surface area contributed by atoms with Gasteiger partial charge in [0.1, 0.15) is 0 Å². The van der Waals surface area contributed by atoms with E-state index in [9.17, 15) is 4.79 Å². The zero-order valence-corrected chi connectivity index (χ0v) is 12.0.